The topological polar surface area (TPSA) is 91.4 Å². The summed E-state index contributed by atoms with van der Waals surface area (Å²) in [4.78, 5) is 4.30. The van der Waals surface area contributed by atoms with E-state index in [1.165, 1.54) is 6.21 Å². The number of aryl methyl sites for hydroxylation is 1. The van der Waals surface area contributed by atoms with Crippen molar-refractivity contribution in [1.82, 2.24) is 4.98 Å². The molecule has 1 aromatic heterocycles. The third kappa shape index (κ3) is 4.13. The van der Waals surface area contributed by atoms with Gasteiger partial charge in [0, 0.05) is 28.9 Å². The summed E-state index contributed by atoms with van der Waals surface area (Å²) in [6.07, 6.45) is 3.29. The maximum atomic E-state index is 5.97. The van der Waals surface area contributed by atoms with Crippen LogP contribution in [0, 0.1) is 6.92 Å². The number of hydrogen-bond donors (Lipinski definition) is 2. The summed E-state index contributed by atoms with van der Waals surface area (Å²) in [6.45, 7) is 1.97. The Morgan fingerprint density at radius 1 is 1.50 bits per heavy atom. The van der Waals surface area contributed by atoms with E-state index in [9.17, 15) is 0 Å². The van der Waals surface area contributed by atoms with Crippen LogP contribution in [0.25, 0.3) is 16.2 Å². The van der Waals surface area contributed by atoms with Gasteiger partial charge in [-0.25, -0.2) is 0 Å². The van der Waals surface area contributed by atoms with E-state index in [1.54, 1.807) is 6.20 Å². The molecule has 0 aliphatic rings. The van der Waals surface area contributed by atoms with Crippen molar-refractivity contribution < 1.29 is 15.1 Å². The molecule has 0 saturated heterocycles. The summed E-state index contributed by atoms with van der Waals surface area (Å²) < 4.78 is 0. The molecule has 2 rings (SSSR count). The van der Waals surface area contributed by atoms with Gasteiger partial charge in [0.25, 0.3) is 0 Å². The fraction of sp³-hybridized carbons (Fsp3) is 0.0833. The van der Waals surface area contributed by atoms with Crippen molar-refractivity contribution in [1.29, 1.82) is 0 Å². The number of anilines is 1. The summed E-state index contributed by atoms with van der Waals surface area (Å²) in [7, 11) is 4.20. The van der Waals surface area contributed by atoms with Crippen molar-refractivity contribution in [3.63, 3.8) is 0 Å². The predicted octanol–water partition coefficient (Wildman–Crippen LogP) is 1.85. The van der Waals surface area contributed by atoms with Crippen LogP contribution < -0.4 is 11.5 Å². The molecule has 0 unspecified atom stereocenters. The minimum atomic E-state index is 0.0992. The van der Waals surface area contributed by atoms with Gasteiger partial charge in [-0.05, 0) is 18.6 Å². The SMILES string of the molecule is Cc1cnc(C=N[N-]C(N)=[SH+])c2cccc(N)c12.[Cl][Cu]. The summed E-state index contributed by atoms with van der Waals surface area (Å²) in [6, 6.07) is 5.69. The first-order chi connectivity index (χ1) is 9.59. The Bertz CT molecular complexity index is 639. The number of aromatic nitrogens is 1. The van der Waals surface area contributed by atoms with Gasteiger partial charge in [0.05, 0.1) is 5.69 Å². The van der Waals surface area contributed by atoms with Crippen molar-refractivity contribution in [3.8, 4) is 0 Å². The van der Waals surface area contributed by atoms with Gasteiger partial charge in [-0.1, -0.05) is 12.1 Å². The molecule has 0 atom stereocenters. The molecule has 20 heavy (non-hydrogen) atoms. The molecule has 0 aliphatic heterocycles. The number of benzene rings is 1. The van der Waals surface area contributed by atoms with E-state index in [2.05, 4.69) is 52.9 Å². The molecule has 0 radical (unpaired) electrons. The predicted molar refractivity (Wildman–Crippen MR) is 85.7 cm³/mol. The molecular formula is C12H13ClCuN5S. The zero-order valence-corrected chi connectivity index (χ0v) is 13.1. The third-order valence-electron chi connectivity index (χ3n) is 2.50. The van der Waals surface area contributed by atoms with Crippen LogP contribution >= 0.6 is 10.1 Å². The molecule has 0 amide bonds. The third-order valence-corrected chi connectivity index (χ3v) is 2.59. The Labute approximate surface area is 134 Å². The Balaban J connectivity index is 0.000000956. The van der Waals surface area contributed by atoms with E-state index in [-0.39, 0.29) is 5.11 Å². The van der Waals surface area contributed by atoms with Crippen molar-refractivity contribution in [2.75, 3.05) is 5.73 Å². The first kappa shape index (κ1) is 16.8. The molecule has 0 bridgehead atoms. The van der Waals surface area contributed by atoms with Crippen molar-refractivity contribution >= 4 is 50.1 Å². The summed E-state index contributed by atoms with van der Waals surface area (Å²) in [5.41, 5.74) is 17.3. The molecule has 1 aromatic carbocycles. The number of fused-ring (bicyclic) bond motifs is 1. The molecule has 1 heterocycles. The molecule has 0 saturated carbocycles. The van der Waals surface area contributed by atoms with Gasteiger partial charge in [0.1, 0.15) is 0 Å². The van der Waals surface area contributed by atoms with Crippen LogP contribution in [0.4, 0.5) is 5.69 Å². The Hall–Kier alpha value is -1.24. The number of halogens is 1. The zero-order valence-electron chi connectivity index (χ0n) is 10.5. The summed E-state index contributed by atoms with van der Waals surface area (Å²) in [5, 5.41) is 5.83. The minimum absolute atomic E-state index is 0.0992. The molecule has 0 fully saturated rings. The number of pyridine rings is 1. The fourth-order valence-corrected chi connectivity index (χ4v) is 1.82. The van der Waals surface area contributed by atoms with Crippen LogP contribution in [0.1, 0.15) is 11.3 Å². The van der Waals surface area contributed by atoms with Crippen LogP contribution in [0.5, 0.6) is 0 Å². The van der Waals surface area contributed by atoms with Gasteiger partial charge in [0.2, 0.25) is 0 Å². The summed E-state index contributed by atoms with van der Waals surface area (Å²) in [5.74, 6) is 0. The monoisotopic (exact) mass is 357 g/mol. The van der Waals surface area contributed by atoms with Crippen LogP contribution in [-0.2, 0) is 27.3 Å². The van der Waals surface area contributed by atoms with Crippen LogP contribution in [0.15, 0.2) is 29.5 Å². The van der Waals surface area contributed by atoms with E-state index >= 15 is 0 Å². The quantitative estimate of drug-likeness (QED) is 0.163. The number of hydrogen-bond acceptors (Lipinski definition) is 3. The molecule has 110 valence electrons. The zero-order chi connectivity index (χ0) is 15.1. The molecule has 2 aromatic rings. The second kappa shape index (κ2) is 8.14. The molecule has 4 N–H and O–H groups in total. The Kier molecular flexibility index (Phi) is 6.84. The van der Waals surface area contributed by atoms with Gasteiger partial charge in [-0.3, -0.25) is 10.7 Å². The van der Waals surface area contributed by atoms with Gasteiger partial charge in [0.15, 0.2) is 17.3 Å². The average Bonchev–Trinajstić information content (AvgIpc) is 2.43. The van der Waals surface area contributed by atoms with Gasteiger partial charge < -0.3 is 16.3 Å². The first-order valence-corrected chi connectivity index (χ1v) is 7.14. The van der Waals surface area contributed by atoms with Crippen molar-refractivity contribution in [3.05, 3.63) is 41.1 Å². The number of rotatable bonds is 2. The van der Waals surface area contributed by atoms with E-state index < -0.39 is 0 Å². The number of thiol groups is 1. The summed E-state index contributed by atoms with van der Waals surface area (Å²) >= 11 is 7.48. The van der Waals surface area contributed by atoms with Crippen LogP contribution in [0.3, 0.4) is 0 Å². The standard InChI is InChI=1S/C12H13N5S.ClH.Cu/c1-7-5-15-10(6-16-17-12(14)18)8-3-2-4-9(13)11(7)8;;/h2-6H,1H3,(H5,13,14,15,16,17,18);1H;/q;;+1/p-1. The van der Waals surface area contributed by atoms with E-state index in [0.717, 1.165) is 22.0 Å². The normalized spacial score (nSPS) is 10.2. The van der Waals surface area contributed by atoms with Gasteiger partial charge in [-0.2, -0.15) is 0 Å². The van der Waals surface area contributed by atoms with Crippen molar-refractivity contribution in [2.45, 2.75) is 6.92 Å². The van der Waals surface area contributed by atoms with Crippen LogP contribution in [-0.4, -0.2) is 16.3 Å². The fourth-order valence-electron chi connectivity index (χ4n) is 1.77. The Morgan fingerprint density at radius 3 is 2.85 bits per heavy atom. The molecular weight excluding hydrogens is 345 g/mol. The first-order valence-electron chi connectivity index (χ1n) is 5.40. The van der Waals surface area contributed by atoms with E-state index in [4.69, 9.17) is 11.5 Å². The second-order valence-electron chi connectivity index (χ2n) is 3.80. The van der Waals surface area contributed by atoms with Crippen LogP contribution in [0.2, 0.25) is 0 Å². The van der Waals surface area contributed by atoms with Crippen molar-refractivity contribution in [2.24, 2.45) is 10.8 Å². The number of nitrogens with two attached hydrogens (primary N) is 2. The molecule has 0 spiro atoms. The van der Waals surface area contributed by atoms with E-state index in [1.807, 2.05) is 25.1 Å². The maximum absolute atomic E-state index is 5.97. The Morgan fingerprint density at radius 2 is 2.20 bits per heavy atom. The number of nitrogens with zero attached hydrogens (tertiary/aromatic N) is 3. The van der Waals surface area contributed by atoms with E-state index in [0.29, 0.717) is 5.69 Å². The molecule has 5 nitrogen and oxygen atoms in total. The average molecular weight is 358 g/mol. The van der Waals surface area contributed by atoms with Gasteiger partial charge in [-0.15, -0.1) is 0 Å². The van der Waals surface area contributed by atoms with Gasteiger partial charge >= 0.3 is 25.2 Å². The number of nitrogen functional groups attached to an aromatic ring is 1. The molecule has 0 aliphatic carbocycles. The second-order valence-corrected chi connectivity index (χ2v) is 4.26. The molecule has 8 heteroatoms.